The zero-order valence-corrected chi connectivity index (χ0v) is 12.0. The molecule has 2 saturated heterocycles. The second-order valence-electron chi connectivity index (χ2n) is 5.86. The number of carbonyl (C=O) groups excluding carboxylic acids is 1. The van der Waals surface area contributed by atoms with Crippen molar-refractivity contribution in [1.29, 1.82) is 0 Å². The molecule has 0 aliphatic carbocycles. The average Bonchev–Trinajstić information content (AvgIpc) is 2.63. The number of rotatable bonds is 2. The van der Waals surface area contributed by atoms with E-state index >= 15 is 0 Å². The minimum atomic E-state index is 0.0277. The van der Waals surface area contributed by atoms with E-state index in [0.717, 1.165) is 25.9 Å². The largest absolute Gasteiger partial charge is 0.374 e. The van der Waals surface area contributed by atoms with Crippen LogP contribution in [0.3, 0.4) is 0 Å². The van der Waals surface area contributed by atoms with E-state index in [1.807, 2.05) is 18.9 Å². The van der Waals surface area contributed by atoms with Crippen molar-refractivity contribution in [2.24, 2.45) is 11.8 Å². The fourth-order valence-corrected chi connectivity index (χ4v) is 3.30. The van der Waals surface area contributed by atoms with Gasteiger partial charge in [-0.3, -0.25) is 4.79 Å². The molecule has 104 valence electrons. The van der Waals surface area contributed by atoms with Gasteiger partial charge in [0.25, 0.3) is 0 Å². The summed E-state index contributed by atoms with van der Waals surface area (Å²) >= 11 is 0. The number of nitrogens with zero attached hydrogens (tertiary/aromatic N) is 1. The van der Waals surface area contributed by atoms with E-state index in [9.17, 15) is 4.79 Å². The van der Waals surface area contributed by atoms with Crippen LogP contribution in [0.1, 0.15) is 33.6 Å². The third kappa shape index (κ3) is 2.54. The van der Waals surface area contributed by atoms with Gasteiger partial charge in [-0.1, -0.05) is 6.92 Å². The second kappa shape index (κ2) is 5.57. The number of carbonyl (C=O) groups is 1. The molecule has 1 amide bonds. The monoisotopic (exact) mass is 254 g/mol. The predicted molar refractivity (Wildman–Crippen MR) is 71.3 cm³/mol. The summed E-state index contributed by atoms with van der Waals surface area (Å²) in [6.07, 6.45) is 2.37. The number of hydrogen-bond donors (Lipinski definition) is 1. The van der Waals surface area contributed by atoms with Gasteiger partial charge in [-0.25, -0.2) is 0 Å². The Morgan fingerprint density at radius 3 is 2.28 bits per heavy atom. The molecule has 0 spiro atoms. The Bertz CT molecular complexity index is 302. The first-order valence-corrected chi connectivity index (χ1v) is 7.15. The quantitative estimate of drug-likeness (QED) is 0.806. The van der Waals surface area contributed by atoms with Crippen molar-refractivity contribution < 1.29 is 9.53 Å². The van der Waals surface area contributed by atoms with Crippen molar-refractivity contribution in [3.63, 3.8) is 0 Å². The van der Waals surface area contributed by atoms with Gasteiger partial charge >= 0.3 is 0 Å². The van der Waals surface area contributed by atoms with E-state index < -0.39 is 0 Å². The molecule has 1 N–H and O–H groups in total. The number of nitrogens with one attached hydrogen (secondary N) is 1. The van der Waals surface area contributed by atoms with Gasteiger partial charge in [0.1, 0.15) is 0 Å². The molecule has 18 heavy (non-hydrogen) atoms. The molecule has 2 rings (SSSR count). The standard InChI is InChI=1S/C14H26N2O2/c1-9-10(2)18-11(3)13(9)14(17)16(4)12-5-7-15-8-6-12/h9-13,15H,5-8H2,1-4H3. The first-order valence-electron chi connectivity index (χ1n) is 7.15. The Labute approximate surface area is 110 Å². The summed E-state index contributed by atoms with van der Waals surface area (Å²) in [5.41, 5.74) is 0. The van der Waals surface area contributed by atoms with Gasteiger partial charge in [-0.2, -0.15) is 0 Å². The lowest BCUT2D eigenvalue weighted by atomic mass is 9.87. The summed E-state index contributed by atoms with van der Waals surface area (Å²) in [6, 6.07) is 0.397. The highest BCUT2D eigenvalue weighted by Gasteiger charge is 2.43. The fourth-order valence-electron chi connectivity index (χ4n) is 3.30. The smallest absolute Gasteiger partial charge is 0.228 e. The molecule has 4 heteroatoms. The third-order valence-corrected chi connectivity index (χ3v) is 4.73. The lowest BCUT2D eigenvalue weighted by Crippen LogP contribution is -2.48. The Balaban J connectivity index is 2.01. The lowest BCUT2D eigenvalue weighted by Gasteiger charge is -2.34. The lowest BCUT2D eigenvalue weighted by molar-refractivity contribution is -0.139. The zero-order valence-electron chi connectivity index (χ0n) is 12.0. The van der Waals surface area contributed by atoms with Crippen LogP contribution in [0.5, 0.6) is 0 Å². The molecule has 2 aliphatic rings. The van der Waals surface area contributed by atoms with Gasteiger partial charge in [0, 0.05) is 13.1 Å². The second-order valence-corrected chi connectivity index (χ2v) is 5.86. The predicted octanol–water partition coefficient (Wildman–Crippen LogP) is 1.26. The van der Waals surface area contributed by atoms with Gasteiger partial charge in [-0.05, 0) is 45.7 Å². The molecule has 0 aromatic heterocycles. The summed E-state index contributed by atoms with van der Waals surface area (Å²) in [7, 11) is 1.96. The van der Waals surface area contributed by atoms with Crippen molar-refractivity contribution in [2.45, 2.75) is 51.9 Å². The maximum Gasteiger partial charge on any atom is 0.228 e. The molecule has 0 aromatic rings. The molecule has 0 aromatic carbocycles. The summed E-state index contributed by atoms with van der Waals surface area (Å²) < 4.78 is 5.78. The van der Waals surface area contributed by atoms with Crippen molar-refractivity contribution in [3.8, 4) is 0 Å². The van der Waals surface area contributed by atoms with E-state index in [1.165, 1.54) is 0 Å². The fraction of sp³-hybridized carbons (Fsp3) is 0.929. The van der Waals surface area contributed by atoms with E-state index in [2.05, 4.69) is 19.2 Å². The number of amides is 1. The molecule has 0 saturated carbocycles. The van der Waals surface area contributed by atoms with Crippen LogP contribution in [0, 0.1) is 11.8 Å². The molecule has 2 heterocycles. The van der Waals surface area contributed by atoms with Crippen LogP contribution in [0.4, 0.5) is 0 Å². The molecular weight excluding hydrogens is 228 g/mol. The summed E-state index contributed by atoms with van der Waals surface area (Å²) in [4.78, 5) is 14.6. The van der Waals surface area contributed by atoms with Gasteiger partial charge in [0.15, 0.2) is 0 Å². The highest BCUT2D eigenvalue weighted by Crippen LogP contribution is 2.34. The molecule has 4 unspecified atom stereocenters. The molecule has 4 atom stereocenters. The van der Waals surface area contributed by atoms with E-state index in [-0.39, 0.29) is 24.0 Å². The van der Waals surface area contributed by atoms with Crippen molar-refractivity contribution >= 4 is 5.91 Å². The zero-order chi connectivity index (χ0) is 13.3. The Kier molecular flexibility index (Phi) is 4.28. The van der Waals surface area contributed by atoms with Crippen LogP contribution in [0.25, 0.3) is 0 Å². The molecule has 4 nitrogen and oxygen atoms in total. The summed E-state index contributed by atoms with van der Waals surface area (Å²) in [6.45, 7) is 8.26. The van der Waals surface area contributed by atoms with Crippen LogP contribution in [-0.4, -0.2) is 49.2 Å². The minimum Gasteiger partial charge on any atom is -0.374 e. The van der Waals surface area contributed by atoms with Crippen LogP contribution < -0.4 is 5.32 Å². The third-order valence-electron chi connectivity index (χ3n) is 4.73. The first-order chi connectivity index (χ1) is 8.52. The maximum atomic E-state index is 12.6. The van der Waals surface area contributed by atoms with Crippen LogP contribution in [0.15, 0.2) is 0 Å². The molecule has 2 aliphatic heterocycles. The van der Waals surface area contributed by atoms with Gasteiger partial charge in [-0.15, -0.1) is 0 Å². The average molecular weight is 254 g/mol. The summed E-state index contributed by atoms with van der Waals surface area (Å²) in [5, 5.41) is 3.34. The van der Waals surface area contributed by atoms with Gasteiger partial charge < -0.3 is 15.0 Å². The topological polar surface area (TPSA) is 41.6 Å². The van der Waals surface area contributed by atoms with E-state index in [4.69, 9.17) is 4.74 Å². The van der Waals surface area contributed by atoms with Crippen LogP contribution in [-0.2, 0) is 9.53 Å². The first kappa shape index (κ1) is 13.8. The Hall–Kier alpha value is -0.610. The number of piperidine rings is 1. The molecule has 0 radical (unpaired) electrons. The summed E-state index contributed by atoms with van der Waals surface area (Å²) in [5.74, 6) is 0.614. The SMILES string of the molecule is CC1OC(C)C(C(=O)N(C)C2CCNCC2)C1C. The normalized spacial score (nSPS) is 37.8. The maximum absolute atomic E-state index is 12.6. The molecular formula is C14H26N2O2. The molecule has 0 bridgehead atoms. The van der Waals surface area contributed by atoms with Gasteiger partial charge in [0.2, 0.25) is 5.91 Å². The van der Waals surface area contributed by atoms with Crippen molar-refractivity contribution in [2.75, 3.05) is 20.1 Å². The van der Waals surface area contributed by atoms with Crippen LogP contribution >= 0.6 is 0 Å². The van der Waals surface area contributed by atoms with E-state index in [0.29, 0.717) is 12.0 Å². The Morgan fingerprint density at radius 1 is 1.17 bits per heavy atom. The van der Waals surface area contributed by atoms with Gasteiger partial charge in [0.05, 0.1) is 18.1 Å². The highest BCUT2D eigenvalue weighted by atomic mass is 16.5. The molecule has 2 fully saturated rings. The van der Waals surface area contributed by atoms with Crippen molar-refractivity contribution in [3.05, 3.63) is 0 Å². The minimum absolute atomic E-state index is 0.0277. The Morgan fingerprint density at radius 2 is 1.78 bits per heavy atom. The number of hydrogen-bond acceptors (Lipinski definition) is 3. The van der Waals surface area contributed by atoms with E-state index in [1.54, 1.807) is 0 Å². The highest BCUT2D eigenvalue weighted by molar-refractivity contribution is 5.80. The van der Waals surface area contributed by atoms with Crippen molar-refractivity contribution in [1.82, 2.24) is 10.2 Å². The number of ether oxygens (including phenoxy) is 1. The van der Waals surface area contributed by atoms with Crippen LogP contribution in [0.2, 0.25) is 0 Å².